The molecule has 6 fully saturated rings. The van der Waals surface area contributed by atoms with Gasteiger partial charge in [0.05, 0.1) is 0 Å². The summed E-state index contributed by atoms with van der Waals surface area (Å²) in [5.41, 5.74) is 0. The van der Waals surface area contributed by atoms with E-state index in [-0.39, 0.29) is 0 Å². The summed E-state index contributed by atoms with van der Waals surface area (Å²) in [5, 5.41) is 3.01. The lowest BCUT2D eigenvalue weighted by Gasteiger charge is -2.60. The minimum absolute atomic E-state index is 0.369. The molecule has 0 saturated carbocycles. The Kier molecular flexibility index (Phi) is 15.2. The number of hydrogen-bond donors (Lipinski definition) is 2. The highest BCUT2D eigenvalue weighted by Crippen LogP contribution is 2.47. The molecule has 30 heteroatoms. The average molecular weight is 1330 g/mol. The first kappa shape index (κ1) is 58.6. The molecule has 84 heavy (non-hydrogen) atoms. The molecule has 6 saturated heterocycles. The number of rotatable bonds is 12. The van der Waals surface area contributed by atoms with Crippen molar-refractivity contribution in [3.05, 3.63) is 243 Å². The zero-order valence-electron chi connectivity index (χ0n) is 46.5. The zero-order chi connectivity index (χ0) is 58.2. The number of hydrogen-bond acceptors (Lipinski definition) is 18. The fourth-order valence-corrected chi connectivity index (χ4v) is 72.4. The zero-order valence-corrected chi connectivity index (χ0v) is 58.5. The first-order valence-electron chi connectivity index (χ1n) is 27.3. The van der Waals surface area contributed by atoms with Gasteiger partial charge in [0.2, 0.25) is 0 Å². The second-order valence-electron chi connectivity index (χ2n) is 21.6. The Hall–Kier alpha value is -4.36. The fourth-order valence-electron chi connectivity index (χ4n) is 10.8. The van der Waals surface area contributed by atoms with Crippen LogP contribution in [0.3, 0.4) is 0 Å². The first-order chi connectivity index (χ1) is 40.2. The third-order valence-electron chi connectivity index (χ3n) is 13.9. The van der Waals surface area contributed by atoms with Crippen molar-refractivity contribution in [1.82, 2.24) is 0 Å². The monoisotopic (exact) mass is 1330 g/mol. The van der Waals surface area contributed by atoms with Crippen molar-refractivity contribution in [2.75, 3.05) is 0 Å². The van der Waals surface area contributed by atoms with E-state index in [0.717, 1.165) is 0 Å². The largest absolute Gasteiger partial charge is 0.515 e. The lowest BCUT2D eigenvalue weighted by molar-refractivity contribution is 0.0132. The summed E-state index contributed by atoms with van der Waals surface area (Å²) >= 11 is 0. The summed E-state index contributed by atoms with van der Waals surface area (Å²) in [5.74, 6) is 0. The van der Waals surface area contributed by atoms with Crippen LogP contribution in [0.4, 0.5) is 0 Å². The van der Waals surface area contributed by atoms with Crippen molar-refractivity contribution in [1.29, 1.82) is 0 Å². The van der Waals surface area contributed by atoms with Crippen LogP contribution in [0.25, 0.3) is 0 Å². The molecule has 0 unspecified atom stereocenters. The molecule has 0 aromatic heterocycles. The third-order valence-corrected chi connectivity index (χ3v) is 60.9. The Morgan fingerprint density at radius 1 is 0.226 bits per heavy atom. The maximum Gasteiger partial charge on any atom is 0.515 e. The van der Waals surface area contributed by atoms with Gasteiger partial charge >= 0.3 is 105 Å². The fraction of sp³-hybridized carbons (Fsp3) is 0.111. The second kappa shape index (κ2) is 21.7. The van der Waals surface area contributed by atoms with Crippen LogP contribution < -0.4 is 41.5 Å². The molecule has 2 N–H and O–H groups in total. The van der Waals surface area contributed by atoms with Gasteiger partial charge in [-0.05, 0) is 26.2 Å². The van der Waals surface area contributed by atoms with Gasteiger partial charge in [0.25, 0.3) is 0 Å². The van der Waals surface area contributed by atoms with Crippen molar-refractivity contribution in [3.8, 4) is 0 Å². The van der Waals surface area contributed by atoms with Crippen LogP contribution >= 0.6 is 0 Å². The smallest absolute Gasteiger partial charge is 0.411 e. The summed E-state index contributed by atoms with van der Waals surface area (Å²) in [6.07, 6.45) is 0. The number of fused-ring (bicyclic) bond motifs is 4. The van der Waals surface area contributed by atoms with Crippen molar-refractivity contribution in [2.24, 2.45) is 0 Å². The maximum atomic E-state index is 12.4. The predicted octanol–water partition coefficient (Wildman–Crippen LogP) is 3.61. The molecule has 432 valence electrons. The van der Waals surface area contributed by atoms with Gasteiger partial charge in [-0.15, -0.1) is 0 Å². The highest BCUT2D eigenvalue weighted by atomic mass is 28.6. The molecule has 0 radical (unpaired) electrons. The van der Waals surface area contributed by atoms with Gasteiger partial charge in [-0.3, -0.25) is 0 Å². The Bertz CT molecular complexity index is 3120. The molecule has 18 nitrogen and oxygen atoms in total. The minimum atomic E-state index is -5.36. The quantitative estimate of drug-likeness (QED) is 0.169. The van der Waals surface area contributed by atoms with Gasteiger partial charge in [-0.2, -0.15) is 0 Å². The van der Waals surface area contributed by atoms with Gasteiger partial charge in [-0.25, -0.2) is 0 Å². The molecular formula is C54H60O18Si12. The van der Waals surface area contributed by atoms with Crippen LogP contribution in [0.5, 0.6) is 0 Å². The van der Waals surface area contributed by atoms with Crippen LogP contribution in [0.2, 0.25) is 39.3 Å². The molecule has 6 aliphatic rings. The van der Waals surface area contributed by atoms with E-state index in [1.807, 2.05) is 243 Å². The van der Waals surface area contributed by atoms with Crippen LogP contribution in [0.1, 0.15) is 0 Å². The van der Waals surface area contributed by atoms with E-state index < -0.39 is 105 Å². The average Bonchev–Trinajstić information content (AvgIpc) is 0.699. The SMILES string of the molecule is C[Si](C)(O)O[Si]1(C)O[Si]2(c3ccccc3)O[Si]3(c4ccccc4)O[Si]4(c5ccccc5)O[Si](C)(O[Si](C)(C)O)O[Si]5(c6ccccc6)O[Si](c6ccccc6)(O[Si](c6ccccc6)(O1)O[Si](c1ccccc1)(O5)O[Si](c1ccccc1)(O2)O4)O3. The molecule has 6 heterocycles. The maximum absolute atomic E-state index is 12.4. The summed E-state index contributed by atoms with van der Waals surface area (Å²) in [6.45, 7) is 9.86. The molecule has 0 spiro atoms. The van der Waals surface area contributed by atoms with Crippen LogP contribution in [0.15, 0.2) is 243 Å². The lowest BCUT2D eigenvalue weighted by Crippen LogP contribution is -2.93. The van der Waals surface area contributed by atoms with Crippen molar-refractivity contribution in [2.45, 2.75) is 39.3 Å². The van der Waals surface area contributed by atoms with E-state index in [1.165, 1.54) is 0 Å². The summed E-state index contributed by atoms with van der Waals surface area (Å²) in [7, 11) is -59.8. The van der Waals surface area contributed by atoms with Crippen LogP contribution in [-0.2, 0) is 65.8 Å². The molecular weight excluding hydrogens is 1270 g/mol. The standard InChI is InChI=1S/C54H60O18Si12/c1-73(2,55)57-75(5)59-77(47-31-15-7-16-32-47)63-81(51-39-23-11-24-40-51)67-79(49-35-19-9-20-36-49)61-76(6,58-74(3,4)56)62-80(50-37-21-10-22-38-50)69-83(71-81,53-43-27-13-28-44-53)65-78(60-75,48-33-17-8-18-34-48)66-84(70-80,54-45-29-14-30-46-54)72-82(64-77,68-79)52-41-25-12-26-42-52/h7-46,55-56H,1-6H3. The highest BCUT2D eigenvalue weighted by molar-refractivity contribution is 7.12. The predicted molar refractivity (Wildman–Crippen MR) is 335 cm³/mol. The van der Waals surface area contributed by atoms with Crippen molar-refractivity contribution < 1.29 is 75.4 Å². The topological polar surface area (TPSA) is 188 Å². The highest BCUT2D eigenvalue weighted by Gasteiger charge is 2.84. The summed E-state index contributed by atoms with van der Waals surface area (Å²) in [4.78, 5) is 24.8. The molecule has 0 atom stereocenters. The van der Waals surface area contributed by atoms with E-state index in [9.17, 15) is 9.59 Å². The Labute approximate surface area is 500 Å². The lowest BCUT2D eigenvalue weighted by atomic mass is 10.4. The molecule has 6 aliphatic heterocycles. The molecule has 14 rings (SSSR count). The van der Waals surface area contributed by atoms with Crippen LogP contribution in [0, 0.1) is 0 Å². The second-order valence-corrected chi connectivity index (χ2v) is 57.4. The van der Waals surface area contributed by atoms with E-state index in [1.54, 1.807) is 39.3 Å². The number of benzene rings is 8. The van der Waals surface area contributed by atoms with Gasteiger partial charge < -0.3 is 75.4 Å². The molecule has 8 aromatic carbocycles. The Morgan fingerprint density at radius 2 is 0.345 bits per heavy atom. The Morgan fingerprint density at radius 3 is 0.464 bits per heavy atom. The third kappa shape index (κ3) is 11.0. The first-order valence-corrected chi connectivity index (χ1v) is 51.2. The van der Waals surface area contributed by atoms with E-state index in [0.29, 0.717) is 41.5 Å². The van der Waals surface area contributed by atoms with Crippen molar-refractivity contribution in [3.63, 3.8) is 0 Å². The minimum Gasteiger partial charge on any atom is -0.411 e. The van der Waals surface area contributed by atoms with Gasteiger partial charge in [0, 0.05) is 54.6 Å². The van der Waals surface area contributed by atoms with E-state index >= 15 is 0 Å². The van der Waals surface area contributed by atoms with Crippen molar-refractivity contribution >= 4 is 147 Å². The Balaban J connectivity index is 1.33. The summed E-state index contributed by atoms with van der Waals surface area (Å²) < 4.78 is 130. The molecule has 0 amide bonds. The van der Waals surface area contributed by atoms with Gasteiger partial charge in [0.15, 0.2) is 0 Å². The van der Waals surface area contributed by atoms with Gasteiger partial charge in [-0.1, -0.05) is 243 Å². The van der Waals surface area contributed by atoms with E-state index in [2.05, 4.69) is 0 Å². The summed E-state index contributed by atoms with van der Waals surface area (Å²) in [6, 6.07) is 73.8. The molecule has 8 aromatic rings. The normalized spacial score (nSPS) is 34.1. The molecule has 0 aliphatic carbocycles. The van der Waals surface area contributed by atoms with Gasteiger partial charge in [0.1, 0.15) is 0 Å². The molecule has 8 bridgehead atoms. The van der Waals surface area contributed by atoms with Crippen LogP contribution in [-0.4, -0.2) is 115 Å². The van der Waals surface area contributed by atoms with E-state index in [4.69, 9.17) is 65.8 Å².